The topological polar surface area (TPSA) is 194 Å². The largest absolute Gasteiger partial charge is 0.370 e. The van der Waals surface area contributed by atoms with Crippen molar-refractivity contribution in [1.82, 2.24) is 31.1 Å². The summed E-state index contributed by atoms with van der Waals surface area (Å²) in [5, 5.41) is 21.0. The molecule has 2 aliphatic heterocycles. The minimum absolute atomic E-state index is 0.0359. The maximum Gasteiger partial charge on any atom is 0.253 e. The molecule has 0 bridgehead atoms. The summed E-state index contributed by atoms with van der Waals surface area (Å²) in [6.45, 7) is 7.78. The molecule has 274 valence electrons. The van der Waals surface area contributed by atoms with Gasteiger partial charge in [-0.25, -0.2) is 0 Å². The van der Waals surface area contributed by atoms with Crippen LogP contribution in [-0.4, -0.2) is 112 Å². The van der Waals surface area contributed by atoms with Crippen LogP contribution in [0.25, 0.3) is 0 Å². The first-order chi connectivity index (χ1) is 23.3. The Hall–Kier alpha value is -3.37. The molecule has 0 aromatic rings. The van der Waals surface area contributed by atoms with Gasteiger partial charge in [0.25, 0.3) is 11.8 Å². The van der Waals surface area contributed by atoms with E-state index in [4.69, 9.17) is 0 Å². The zero-order valence-corrected chi connectivity index (χ0v) is 30.4. The molecule has 0 aromatic heterocycles. The standard InChI is InChI=1S/C33H52N6O8S2/c1-33(2,3)49-48-23-17-26(41)35-18-7-4-5-8-20-36-32(47)24(37-27(42)16-22-39-30(45)13-14-31(39)46)10-6-9-19-34-25(40)15-21-38-28(43)11-12-29(38)44/h11-14,24,28,43H,4-10,15-23H2,1-3H3,(H,34,40)(H,35,41)(H,36,47)(H,37,42)/t24-,28?/m0/s1. The van der Waals surface area contributed by atoms with E-state index in [1.807, 2.05) is 0 Å². The summed E-state index contributed by atoms with van der Waals surface area (Å²) in [4.78, 5) is 87.3. The first-order valence-corrected chi connectivity index (χ1v) is 19.2. The minimum Gasteiger partial charge on any atom is -0.370 e. The fourth-order valence-electron chi connectivity index (χ4n) is 4.76. The maximum atomic E-state index is 13.0. The van der Waals surface area contributed by atoms with Crippen molar-refractivity contribution in [1.29, 1.82) is 0 Å². The van der Waals surface area contributed by atoms with E-state index in [0.29, 0.717) is 45.3 Å². The minimum atomic E-state index is -1.03. The van der Waals surface area contributed by atoms with E-state index < -0.39 is 30.0 Å². The molecular weight excluding hydrogens is 673 g/mol. The lowest BCUT2D eigenvalue weighted by Crippen LogP contribution is -2.47. The Labute approximate surface area is 296 Å². The van der Waals surface area contributed by atoms with Crippen LogP contribution in [0.3, 0.4) is 0 Å². The second-order valence-corrected chi connectivity index (χ2v) is 16.0. The van der Waals surface area contributed by atoms with Gasteiger partial charge in [-0.1, -0.05) is 55.2 Å². The smallest absolute Gasteiger partial charge is 0.253 e. The molecule has 0 saturated heterocycles. The van der Waals surface area contributed by atoms with Crippen LogP contribution in [0.2, 0.25) is 0 Å². The number of hydrogen-bond donors (Lipinski definition) is 5. The van der Waals surface area contributed by atoms with Crippen molar-refractivity contribution in [3.63, 3.8) is 0 Å². The van der Waals surface area contributed by atoms with Gasteiger partial charge in [-0.05, 0) is 38.2 Å². The summed E-state index contributed by atoms with van der Waals surface area (Å²) in [6, 6.07) is -0.836. The predicted molar refractivity (Wildman–Crippen MR) is 190 cm³/mol. The number of imide groups is 1. The van der Waals surface area contributed by atoms with Gasteiger partial charge < -0.3 is 31.3 Å². The molecule has 0 fully saturated rings. The Bertz CT molecular complexity index is 1200. The van der Waals surface area contributed by atoms with E-state index in [2.05, 4.69) is 42.0 Å². The summed E-state index contributed by atoms with van der Waals surface area (Å²) >= 11 is 0. The van der Waals surface area contributed by atoms with E-state index in [-0.39, 0.29) is 54.3 Å². The fraction of sp³-hybridized carbons (Fsp3) is 0.667. The highest BCUT2D eigenvalue weighted by atomic mass is 33.1. The van der Waals surface area contributed by atoms with Crippen molar-refractivity contribution in [2.75, 3.05) is 38.5 Å². The molecule has 7 amide bonds. The number of nitrogens with one attached hydrogen (secondary N) is 4. The highest BCUT2D eigenvalue weighted by Crippen LogP contribution is 2.35. The third-order valence-electron chi connectivity index (χ3n) is 7.40. The monoisotopic (exact) mass is 724 g/mol. The second kappa shape index (κ2) is 22.4. The van der Waals surface area contributed by atoms with E-state index in [1.165, 1.54) is 17.1 Å². The summed E-state index contributed by atoms with van der Waals surface area (Å²) in [5.41, 5.74) is 0. The van der Waals surface area contributed by atoms with Crippen LogP contribution < -0.4 is 21.3 Å². The number of aliphatic hydroxyl groups excluding tert-OH is 1. The normalized spacial score (nSPS) is 16.3. The Morgan fingerprint density at radius 1 is 0.755 bits per heavy atom. The van der Waals surface area contributed by atoms with E-state index in [1.54, 1.807) is 21.6 Å². The summed E-state index contributed by atoms with van der Waals surface area (Å²) < 4.78 is 0.163. The average Bonchev–Trinajstić information content (AvgIpc) is 3.54. The van der Waals surface area contributed by atoms with Gasteiger partial charge in [0.15, 0.2) is 0 Å². The van der Waals surface area contributed by atoms with Crippen LogP contribution in [-0.2, 0) is 33.6 Å². The SMILES string of the molecule is CC(C)(C)SSCCC(=O)NCCCCCCNC(=O)[C@H](CCCCNC(=O)CCN1C(=O)C=CC1O)NC(=O)CCN1C(=O)C=CC1=O. The lowest BCUT2D eigenvalue weighted by molar-refractivity contribution is -0.138. The lowest BCUT2D eigenvalue weighted by Gasteiger charge is -2.20. The Morgan fingerprint density at radius 2 is 1.33 bits per heavy atom. The molecule has 0 saturated carbocycles. The molecule has 0 spiro atoms. The van der Waals surface area contributed by atoms with Crippen LogP contribution in [0.5, 0.6) is 0 Å². The first kappa shape index (κ1) is 41.8. The highest BCUT2D eigenvalue weighted by Gasteiger charge is 2.26. The number of nitrogens with zero attached hydrogens (tertiary/aromatic N) is 2. The zero-order chi connectivity index (χ0) is 36.2. The number of rotatable bonds is 24. The van der Waals surface area contributed by atoms with Crippen LogP contribution >= 0.6 is 21.6 Å². The van der Waals surface area contributed by atoms with Gasteiger partial charge in [-0.15, -0.1) is 0 Å². The van der Waals surface area contributed by atoms with Crippen LogP contribution in [0.15, 0.2) is 24.3 Å². The maximum absolute atomic E-state index is 13.0. The van der Waals surface area contributed by atoms with E-state index in [9.17, 15) is 38.7 Å². The van der Waals surface area contributed by atoms with Crippen molar-refractivity contribution in [2.24, 2.45) is 0 Å². The van der Waals surface area contributed by atoms with Crippen molar-refractivity contribution in [3.05, 3.63) is 24.3 Å². The van der Waals surface area contributed by atoms with Gasteiger partial charge in [-0.3, -0.25) is 38.5 Å². The van der Waals surface area contributed by atoms with Crippen LogP contribution in [0.1, 0.15) is 85.0 Å². The molecule has 14 nitrogen and oxygen atoms in total. The molecule has 0 aromatic carbocycles. The molecule has 49 heavy (non-hydrogen) atoms. The van der Waals surface area contributed by atoms with Gasteiger partial charge in [-0.2, -0.15) is 0 Å². The number of carbonyl (C=O) groups excluding carboxylic acids is 7. The average molecular weight is 725 g/mol. The van der Waals surface area contributed by atoms with Crippen LogP contribution in [0, 0.1) is 0 Å². The summed E-state index contributed by atoms with van der Waals surface area (Å²) in [7, 11) is 3.47. The molecule has 2 aliphatic rings. The van der Waals surface area contributed by atoms with E-state index >= 15 is 0 Å². The first-order valence-electron chi connectivity index (χ1n) is 16.9. The summed E-state index contributed by atoms with van der Waals surface area (Å²) in [5.74, 6) is -1.58. The summed E-state index contributed by atoms with van der Waals surface area (Å²) in [6.07, 6.45) is 8.94. The number of amides is 7. The molecule has 2 atom stereocenters. The molecular formula is C33H52N6O8S2. The predicted octanol–water partition coefficient (Wildman–Crippen LogP) is 1.54. The number of unbranched alkanes of at least 4 members (excludes halogenated alkanes) is 4. The van der Waals surface area contributed by atoms with Gasteiger partial charge in [0.2, 0.25) is 29.5 Å². The Kier molecular flexibility index (Phi) is 19.1. The Balaban J connectivity index is 1.67. The van der Waals surface area contributed by atoms with Crippen molar-refractivity contribution in [2.45, 2.75) is 102 Å². The highest BCUT2D eigenvalue weighted by molar-refractivity contribution is 8.77. The van der Waals surface area contributed by atoms with Gasteiger partial charge in [0.1, 0.15) is 12.3 Å². The molecule has 2 rings (SSSR count). The molecule has 0 radical (unpaired) electrons. The van der Waals surface area contributed by atoms with Crippen molar-refractivity contribution >= 4 is 62.9 Å². The third kappa shape index (κ3) is 17.7. The number of carbonyl (C=O) groups is 7. The molecule has 1 unspecified atom stereocenters. The molecule has 2 heterocycles. The van der Waals surface area contributed by atoms with Gasteiger partial charge in [0, 0.05) is 80.7 Å². The molecule has 0 aliphatic carbocycles. The fourth-order valence-corrected chi connectivity index (χ4v) is 7.03. The van der Waals surface area contributed by atoms with E-state index in [0.717, 1.165) is 48.5 Å². The Morgan fingerprint density at radius 3 is 1.92 bits per heavy atom. The molecule has 5 N–H and O–H groups in total. The lowest BCUT2D eigenvalue weighted by atomic mass is 10.1. The number of aliphatic hydroxyl groups is 1. The van der Waals surface area contributed by atoms with Crippen LogP contribution in [0.4, 0.5) is 0 Å². The molecule has 16 heteroatoms. The quantitative estimate of drug-likeness (QED) is 0.0554. The third-order valence-corrected chi connectivity index (χ3v) is 10.7. The van der Waals surface area contributed by atoms with Gasteiger partial charge in [0.05, 0.1) is 0 Å². The second-order valence-electron chi connectivity index (χ2n) is 12.8. The zero-order valence-electron chi connectivity index (χ0n) is 28.8. The van der Waals surface area contributed by atoms with Gasteiger partial charge >= 0.3 is 0 Å². The van der Waals surface area contributed by atoms with Crippen molar-refractivity contribution < 1.29 is 38.7 Å². The van der Waals surface area contributed by atoms with Crippen molar-refractivity contribution in [3.8, 4) is 0 Å². The number of hydrogen-bond acceptors (Lipinski definition) is 10.